The number of hydrogen-bond donors (Lipinski definition) is 0. The molecule has 0 radical (unpaired) electrons. The summed E-state index contributed by atoms with van der Waals surface area (Å²) in [6.07, 6.45) is 1.93. The number of ether oxygens (including phenoxy) is 2. The molecule has 0 N–H and O–H groups in total. The first kappa shape index (κ1) is 14.9. The van der Waals surface area contributed by atoms with E-state index in [9.17, 15) is 4.79 Å². The Morgan fingerprint density at radius 1 is 1.22 bits per heavy atom. The Labute approximate surface area is 113 Å². The molecule has 1 aromatic carbocycles. The van der Waals surface area contributed by atoms with Crippen LogP contribution in [0.2, 0.25) is 0 Å². The van der Waals surface area contributed by atoms with Crippen LogP contribution in [0.4, 0.5) is 0 Å². The minimum atomic E-state index is 0.567. The van der Waals surface area contributed by atoms with Crippen LogP contribution < -0.4 is 9.47 Å². The largest absolute Gasteiger partial charge is 0.495 e. The number of thioether (sulfide) groups is 1. The van der Waals surface area contributed by atoms with Gasteiger partial charge in [-0.15, -0.1) is 11.8 Å². The van der Waals surface area contributed by atoms with E-state index < -0.39 is 0 Å². The number of methoxy groups -OCH3 is 2. The topological polar surface area (TPSA) is 35.5 Å². The molecule has 3 nitrogen and oxygen atoms in total. The van der Waals surface area contributed by atoms with Crippen molar-refractivity contribution in [2.45, 2.75) is 25.2 Å². The lowest BCUT2D eigenvalue weighted by atomic mass is 10.2. The molecule has 0 bridgehead atoms. The Bertz CT molecular complexity index is 377. The van der Waals surface area contributed by atoms with Gasteiger partial charge >= 0.3 is 0 Å². The van der Waals surface area contributed by atoms with Gasteiger partial charge in [-0.05, 0) is 30.2 Å². The minimum Gasteiger partial charge on any atom is -0.495 e. The maximum atomic E-state index is 10.8. The second kappa shape index (κ2) is 7.31. The van der Waals surface area contributed by atoms with Gasteiger partial charge in [-0.3, -0.25) is 4.79 Å². The van der Waals surface area contributed by atoms with Crippen LogP contribution in [-0.2, 0) is 0 Å². The second-order valence-electron chi connectivity index (χ2n) is 4.40. The van der Waals surface area contributed by atoms with Crippen LogP contribution in [0.5, 0.6) is 11.5 Å². The number of carbonyl (C=O) groups is 1. The summed E-state index contributed by atoms with van der Waals surface area (Å²) in [6, 6.07) is 3.49. The van der Waals surface area contributed by atoms with Crippen molar-refractivity contribution in [2.24, 2.45) is 5.92 Å². The zero-order valence-corrected chi connectivity index (χ0v) is 12.2. The van der Waals surface area contributed by atoms with Gasteiger partial charge in [0.15, 0.2) is 0 Å². The number of carbonyl (C=O) groups excluding carboxylic acids is 1. The zero-order chi connectivity index (χ0) is 13.5. The highest BCUT2D eigenvalue weighted by Gasteiger charge is 2.13. The van der Waals surface area contributed by atoms with Gasteiger partial charge in [-0.2, -0.15) is 0 Å². The van der Waals surface area contributed by atoms with E-state index in [1.165, 1.54) is 0 Å². The standard InChI is InChI=1S/C14H20O3S/c1-10(2)5-6-18-14-12(16-3)7-11(9-15)8-13(14)17-4/h7-10H,5-6H2,1-4H3. The third kappa shape index (κ3) is 3.95. The molecule has 0 aliphatic carbocycles. The molecule has 18 heavy (non-hydrogen) atoms. The van der Waals surface area contributed by atoms with Crippen LogP contribution in [0.3, 0.4) is 0 Å². The van der Waals surface area contributed by atoms with Gasteiger partial charge in [0.2, 0.25) is 0 Å². The molecule has 0 spiro atoms. The van der Waals surface area contributed by atoms with Crippen molar-refractivity contribution in [3.8, 4) is 11.5 Å². The van der Waals surface area contributed by atoms with Gasteiger partial charge in [0, 0.05) is 5.56 Å². The van der Waals surface area contributed by atoms with Crippen molar-refractivity contribution in [3.05, 3.63) is 17.7 Å². The Morgan fingerprint density at radius 3 is 2.17 bits per heavy atom. The fraction of sp³-hybridized carbons (Fsp3) is 0.500. The predicted octanol–water partition coefficient (Wildman–Crippen LogP) is 3.65. The SMILES string of the molecule is COc1cc(C=O)cc(OC)c1SCCC(C)C. The molecular weight excluding hydrogens is 248 g/mol. The van der Waals surface area contributed by atoms with E-state index in [1.54, 1.807) is 38.1 Å². The zero-order valence-electron chi connectivity index (χ0n) is 11.4. The molecule has 0 aliphatic rings. The van der Waals surface area contributed by atoms with Crippen molar-refractivity contribution in [1.82, 2.24) is 0 Å². The molecule has 4 heteroatoms. The maximum absolute atomic E-state index is 10.8. The van der Waals surface area contributed by atoms with Crippen LogP contribution in [0, 0.1) is 5.92 Å². The van der Waals surface area contributed by atoms with Crippen LogP contribution in [-0.4, -0.2) is 26.3 Å². The summed E-state index contributed by atoms with van der Waals surface area (Å²) >= 11 is 1.70. The Kier molecular flexibility index (Phi) is 6.05. The lowest BCUT2D eigenvalue weighted by Gasteiger charge is -2.14. The predicted molar refractivity (Wildman–Crippen MR) is 75.1 cm³/mol. The minimum absolute atomic E-state index is 0.567. The van der Waals surface area contributed by atoms with Gasteiger partial charge in [-0.25, -0.2) is 0 Å². The molecule has 0 aromatic heterocycles. The first-order valence-electron chi connectivity index (χ1n) is 5.96. The Balaban J connectivity index is 2.95. The third-order valence-electron chi connectivity index (χ3n) is 2.56. The smallest absolute Gasteiger partial charge is 0.150 e. The second-order valence-corrected chi connectivity index (χ2v) is 5.51. The number of aldehydes is 1. The van der Waals surface area contributed by atoms with E-state index in [0.29, 0.717) is 23.0 Å². The summed E-state index contributed by atoms with van der Waals surface area (Å²) < 4.78 is 10.7. The number of benzene rings is 1. The average molecular weight is 268 g/mol. The fourth-order valence-electron chi connectivity index (χ4n) is 1.51. The van der Waals surface area contributed by atoms with E-state index >= 15 is 0 Å². The summed E-state index contributed by atoms with van der Waals surface area (Å²) in [5.41, 5.74) is 0.567. The normalized spacial score (nSPS) is 10.5. The molecule has 1 aromatic rings. The quantitative estimate of drug-likeness (QED) is 0.558. The molecular formula is C14H20O3S. The molecule has 0 saturated heterocycles. The van der Waals surface area contributed by atoms with Gasteiger partial charge in [-0.1, -0.05) is 13.8 Å². The Morgan fingerprint density at radius 2 is 1.78 bits per heavy atom. The summed E-state index contributed by atoms with van der Waals surface area (Å²) in [5.74, 6) is 3.07. The van der Waals surface area contributed by atoms with Gasteiger partial charge in [0.05, 0.1) is 19.1 Å². The number of hydrogen-bond acceptors (Lipinski definition) is 4. The van der Waals surface area contributed by atoms with E-state index in [2.05, 4.69) is 13.8 Å². The average Bonchev–Trinajstić information content (AvgIpc) is 2.37. The third-order valence-corrected chi connectivity index (χ3v) is 3.69. The molecule has 0 aliphatic heterocycles. The maximum Gasteiger partial charge on any atom is 0.150 e. The van der Waals surface area contributed by atoms with E-state index in [0.717, 1.165) is 23.4 Å². The monoisotopic (exact) mass is 268 g/mol. The molecule has 0 heterocycles. The van der Waals surface area contributed by atoms with Gasteiger partial charge in [0.1, 0.15) is 17.8 Å². The lowest BCUT2D eigenvalue weighted by Crippen LogP contribution is -1.96. The highest BCUT2D eigenvalue weighted by atomic mass is 32.2. The molecule has 0 fully saturated rings. The Hall–Kier alpha value is -1.16. The number of rotatable bonds is 7. The van der Waals surface area contributed by atoms with E-state index in [-0.39, 0.29) is 0 Å². The van der Waals surface area contributed by atoms with Crippen molar-refractivity contribution in [1.29, 1.82) is 0 Å². The fourth-order valence-corrected chi connectivity index (χ4v) is 2.87. The van der Waals surface area contributed by atoms with Crippen LogP contribution in [0.15, 0.2) is 17.0 Å². The molecule has 100 valence electrons. The summed E-state index contributed by atoms with van der Waals surface area (Å²) in [4.78, 5) is 11.8. The van der Waals surface area contributed by atoms with Crippen molar-refractivity contribution in [2.75, 3.05) is 20.0 Å². The van der Waals surface area contributed by atoms with Crippen molar-refractivity contribution >= 4 is 18.0 Å². The lowest BCUT2D eigenvalue weighted by molar-refractivity contribution is 0.112. The highest BCUT2D eigenvalue weighted by molar-refractivity contribution is 7.99. The summed E-state index contributed by atoms with van der Waals surface area (Å²) in [7, 11) is 3.21. The first-order valence-corrected chi connectivity index (χ1v) is 6.95. The molecule has 1 rings (SSSR count). The van der Waals surface area contributed by atoms with Crippen LogP contribution >= 0.6 is 11.8 Å². The van der Waals surface area contributed by atoms with E-state index in [1.807, 2.05) is 0 Å². The van der Waals surface area contributed by atoms with Gasteiger partial charge < -0.3 is 9.47 Å². The van der Waals surface area contributed by atoms with Crippen LogP contribution in [0.25, 0.3) is 0 Å². The highest BCUT2D eigenvalue weighted by Crippen LogP contribution is 2.39. The summed E-state index contributed by atoms with van der Waals surface area (Å²) in [6.45, 7) is 4.40. The molecule has 0 amide bonds. The molecule has 0 saturated carbocycles. The van der Waals surface area contributed by atoms with Crippen LogP contribution in [0.1, 0.15) is 30.6 Å². The van der Waals surface area contributed by atoms with Crippen molar-refractivity contribution in [3.63, 3.8) is 0 Å². The van der Waals surface area contributed by atoms with Gasteiger partial charge in [0.25, 0.3) is 0 Å². The molecule has 0 unspecified atom stereocenters. The first-order chi connectivity index (χ1) is 8.62. The van der Waals surface area contributed by atoms with E-state index in [4.69, 9.17) is 9.47 Å². The molecule has 0 atom stereocenters. The summed E-state index contributed by atoms with van der Waals surface area (Å²) in [5, 5.41) is 0. The van der Waals surface area contributed by atoms with Crippen molar-refractivity contribution < 1.29 is 14.3 Å².